The normalized spacial score (nSPS) is 23.9. The minimum atomic E-state index is -0.198. The third kappa shape index (κ3) is 3.30. The van der Waals surface area contributed by atoms with Crippen LogP contribution < -0.4 is 0 Å². The lowest BCUT2D eigenvalue weighted by atomic mass is 9.93. The molecular weight excluding hydrogens is 244 g/mol. The van der Waals surface area contributed by atoms with Crippen molar-refractivity contribution >= 4 is 6.21 Å². The van der Waals surface area contributed by atoms with E-state index < -0.39 is 0 Å². The minimum Gasteiger partial charge on any atom is -0.505 e. The summed E-state index contributed by atoms with van der Waals surface area (Å²) in [4.78, 5) is 8.47. The van der Waals surface area contributed by atoms with Crippen LogP contribution in [0, 0.1) is 6.92 Å². The fraction of sp³-hybridized carbons (Fsp3) is 0.571. The van der Waals surface area contributed by atoms with E-state index in [-0.39, 0.29) is 24.5 Å². The summed E-state index contributed by atoms with van der Waals surface area (Å²) in [5.41, 5.74) is 1.64. The Balaban J connectivity index is 2.16. The zero-order chi connectivity index (χ0) is 13.8. The van der Waals surface area contributed by atoms with Gasteiger partial charge >= 0.3 is 0 Å². The highest BCUT2D eigenvalue weighted by molar-refractivity contribution is 5.85. The number of aryl methyl sites for hydroxylation is 1. The number of aliphatic imine (C=N–C) groups is 1. The first-order chi connectivity index (χ1) is 9.11. The molecule has 2 rings (SSSR count). The van der Waals surface area contributed by atoms with Crippen LogP contribution in [-0.2, 0) is 6.61 Å². The summed E-state index contributed by atoms with van der Waals surface area (Å²) in [5, 5.41) is 28.7. The topological polar surface area (TPSA) is 85.9 Å². The first-order valence-electron chi connectivity index (χ1n) is 6.61. The number of nitrogens with zero attached hydrogens (tertiary/aromatic N) is 2. The molecular formula is C14H20N2O3. The lowest BCUT2D eigenvalue weighted by molar-refractivity contribution is 0.123. The molecule has 0 atom stereocenters. The van der Waals surface area contributed by atoms with Gasteiger partial charge in [-0.05, 0) is 32.6 Å². The van der Waals surface area contributed by atoms with E-state index in [4.69, 9.17) is 0 Å². The maximum atomic E-state index is 9.98. The number of pyridine rings is 1. The SMILES string of the molecule is Cc1ncc(CO)c(C=NC2CCC(O)CC2)c1O. The first-order valence-corrected chi connectivity index (χ1v) is 6.61. The zero-order valence-electron chi connectivity index (χ0n) is 11.1. The molecule has 0 spiro atoms. The van der Waals surface area contributed by atoms with E-state index >= 15 is 0 Å². The molecule has 0 radical (unpaired) electrons. The number of aromatic nitrogens is 1. The summed E-state index contributed by atoms with van der Waals surface area (Å²) in [7, 11) is 0. The van der Waals surface area contributed by atoms with Gasteiger partial charge in [-0.3, -0.25) is 9.98 Å². The van der Waals surface area contributed by atoms with E-state index in [2.05, 4.69) is 9.98 Å². The van der Waals surface area contributed by atoms with Crippen LogP contribution in [-0.4, -0.2) is 38.7 Å². The van der Waals surface area contributed by atoms with Crippen LogP contribution in [0.3, 0.4) is 0 Å². The van der Waals surface area contributed by atoms with Gasteiger partial charge in [0.05, 0.1) is 24.4 Å². The molecule has 0 saturated heterocycles. The van der Waals surface area contributed by atoms with Crippen molar-refractivity contribution < 1.29 is 15.3 Å². The third-order valence-corrected chi connectivity index (χ3v) is 3.61. The van der Waals surface area contributed by atoms with Crippen LogP contribution in [0.15, 0.2) is 11.2 Å². The van der Waals surface area contributed by atoms with Crippen molar-refractivity contribution in [3.63, 3.8) is 0 Å². The van der Waals surface area contributed by atoms with Gasteiger partial charge in [-0.2, -0.15) is 0 Å². The highest BCUT2D eigenvalue weighted by atomic mass is 16.3. The fourth-order valence-corrected chi connectivity index (χ4v) is 2.31. The first kappa shape index (κ1) is 14.0. The predicted molar refractivity (Wildman–Crippen MR) is 72.4 cm³/mol. The van der Waals surface area contributed by atoms with Crippen molar-refractivity contribution in [2.24, 2.45) is 4.99 Å². The highest BCUT2D eigenvalue weighted by Gasteiger charge is 2.18. The van der Waals surface area contributed by atoms with Gasteiger partial charge in [0.2, 0.25) is 0 Å². The van der Waals surface area contributed by atoms with Crippen LogP contribution >= 0.6 is 0 Å². The molecule has 1 heterocycles. The second-order valence-corrected chi connectivity index (χ2v) is 5.03. The molecule has 0 amide bonds. The molecule has 3 N–H and O–H groups in total. The molecule has 1 aromatic rings. The molecule has 104 valence electrons. The number of aromatic hydroxyl groups is 1. The van der Waals surface area contributed by atoms with Crippen LogP contribution in [0.4, 0.5) is 0 Å². The Hall–Kier alpha value is -1.46. The van der Waals surface area contributed by atoms with Crippen molar-refractivity contribution in [1.29, 1.82) is 0 Å². The van der Waals surface area contributed by atoms with Gasteiger partial charge in [0.15, 0.2) is 0 Å². The quantitative estimate of drug-likeness (QED) is 0.718. The largest absolute Gasteiger partial charge is 0.505 e. The minimum absolute atomic E-state index is 0.0751. The van der Waals surface area contributed by atoms with Crippen LogP contribution in [0.5, 0.6) is 5.75 Å². The Bertz CT molecular complexity index is 466. The lowest BCUT2D eigenvalue weighted by Crippen LogP contribution is -2.20. The van der Waals surface area contributed by atoms with Gasteiger partial charge in [-0.1, -0.05) is 0 Å². The van der Waals surface area contributed by atoms with Gasteiger partial charge in [0.25, 0.3) is 0 Å². The fourth-order valence-electron chi connectivity index (χ4n) is 2.31. The predicted octanol–water partition coefficient (Wildman–Crippen LogP) is 1.31. The van der Waals surface area contributed by atoms with E-state index in [1.165, 1.54) is 0 Å². The van der Waals surface area contributed by atoms with Gasteiger partial charge < -0.3 is 15.3 Å². The average molecular weight is 264 g/mol. The molecule has 0 aromatic carbocycles. The monoisotopic (exact) mass is 264 g/mol. The third-order valence-electron chi connectivity index (χ3n) is 3.61. The van der Waals surface area contributed by atoms with Gasteiger partial charge in [-0.25, -0.2) is 0 Å². The maximum absolute atomic E-state index is 9.98. The number of rotatable bonds is 3. The standard InChI is InChI=1S/C14H20N2O3/c1-9-14(19)13(10(8-17)6-15-9)7-16-11-2-4-12(18)5-3-11/h6-7,11-12,17-19H,2-5,8H2,1H3. The molecule has 1 aliphatic carbocycles. The van der Waals surface area contributed by atoms with E-state index in [0.29, 0.717) is 16.8 Å². The lowest BCUT2D eigenvalue weighted by Gasteiger charge is -2.22. The Kier molecular flexibility index (Phi) is 4.50. The summed E-state index contributed by atoms with van der Waals surface area (Å²) in [6, 6.07) is 0.183. The van der Waals surface area contributed by atoms with E-state index in [1.54, 1.807) is 19.3 Å². The van der Waals surface area contributed by atoms with Crippen molar-refractivity contribution in [2.75, 3.05) is 0 Å². The smallest absolute Gasteiger partial charge is 0.145 e. The Morgan fingerprint density at radius 3 is 2.68 bits per heavy atom. The Morgan fingerprint density at radius 1 is 1.37 bits per heavy atom. The molecule has 1 fully saturated rings. The van der Waals surface area contributed by atoms with Gasteiger partial charge in [-0.15, -0.1) is 0 Å². The number of aliphatic hydroxyl groups is 2. The molecule has 1 aromatic heterocycles. The van der Waals surface area contributed by atoms with Gasteiger partial charge in [0.1, 0.15) is 5.75 Å². The van der Waals surface area contributed by atoms with E-state index in [1.807, 2.05) is 0 Å². The maximum Gasteiger partial charge on any atom is 0.145 e. The molecule has 0 unspecified atom stereocenters. The van der Waals surface area contributed by atoms with Crippen LogP contribution in [0.25, 0.3) is 0 Å². The Labute approximate surface area is 112 Å². The van der Waals surface area contributed by atoms with Crippen molar-refractivity contribution in [2.45, 2.75) is 51.4 Å². The number of hydrogen-bond acceptors (Lipinski definition) is 5. The molecule has 5 nitrogen and oxygen atoms in total. The van der Waals surface area contributed by atoms with Crippen LogP contribution in [0.2, 0.25) is 0 Å². The molecule has 19 heavy (non-hydrogen) atoms. The summed E-state index contributed by atoms with van der Waals surface area (Å²) in [6.07, 6.45) is 6.25. The molecule has 5 heteroatoms. The number of hydrogen-bond donors (Lipinski definition) is 3. The van der Waals surface area contributed by atoms with Gasteiger partial charge in [0, 0.05) is 23.5 Å². The molecule has 0 aliphatic heterocycles. The zero-order valence-corrected chi connectivity index (χ0v) is 11.1. The van der Waals surface area contributed by atoms with Crippen LogP contribution in [0.1, 0.15) is 42.5 Å². The molecule has 1 saturated carbocycles. The number of aliphatic hydroxyl groups excluding tert-OH is 2. The summed E-state index contributed by atoms with van der Waals surface area (Å²) < 4.78 is 0. The second kappa shape index (κ2) is 6.12. The summed E-state index contributed by atoms with van der Waals surface area (Å²) in [5.74, 6) is 0.0751. The summed E-state index contributed by atoms with van der Waals surface area (Å²) >= 11 is 0. The average Bonchev–Trinajstić information content (AvgIpc) is 2.42. The molecule has 1 aliphatic rings. The van der Waals surface area contributed by atoms with Crippen molar-refractivity contribution in [3.8, 4) is 5.75 Å². The Morgan fingerprint density at radius 2 is 2.05 bits per heavy atom. The van der Waals surface area contributed by atoms with E-state index in [9.17, 15) is 15.3 Å². The molecule has 0 bridgehead atoms. The second-order valence-electron chi connectivity index (χ2n) is 5.03. The highest BCUT2D eigenvalue weighted by Crippen LogP contribution is 2.24. The van der Waals surface area contributed by atoms with Crippen molar-refractivity contribution in [3.05, 3.63) is 23.0 Å². The van der Waals surface area contributed by atoms with E-state index in [0.717, 1.165) is 25.7 Å². The summed E-state index contributed by atoms with van der Waals surface area (Å²) in [6.45, 7) is 1.54. The van der Waals surface area contributed by atoms with Crippen molar-refractivity contribution in [1.82, 2.24) is 4.98 Å².